The molecule has 0 radical (unpaired) electrons. The number of aliphatic hydroxyl groups excluding tert-OH is 1. The minimum atomic E-state index is -0.729. The molecule has 0 aliphatic heterocycles. The highest BCUT2D eigenvalue weighted by Gasteiger charge is 2.70. The van der Waals surface area contributed by atoms with E-state index in [-0.39, 0.29) is 34.2 Å². The highest BCUT2D eigenvalue weighted by Crippen LogP contribution is 2.74. The molecular weight excluding hydrogens is 685 g/mol. The number of carbonyl (C=O) groups excluding carboxylic acids is 2. The minimum Gasteiger partial charge on any atom is -0.491 e. The van der Waals surface area contributed by atoms with E-state index in [9.17, 15) is 14.7 Å². The van der Waals surface area contributed by atoms with E-state index in [2.05, 4.69) is 97.5 Å². The Hall–Kier alpha value is -3.38. The van der Waals surface area contributed by atoms with Gasteiger partial charge in [0.2, 0.25) is 6.79 Å². The van der Waals surface area contributed by atoms with Crippen molar-refractivity contribution >= 4 is 28.3 Å². The summed E-state index contributed by atoms with van der Waals surface area (Å²) in [5, 5.41) is 14.9. The highest BCUT2D eigenvalue weighted by atomic mass is 16.7. The van der Waals surface area contributed by atoms with Gasteiger partial charge in [0.05, 0.1) is 17.3 Å². The van der Waals surface area contributed by atoms with Gasteiger partial charge in [0.15, 0.2) is 0 Å². The van der Waals surface area contributed by atoms with E-state index in [1.54, 1.807) is 20.8 Å². The lowest BCUT2D eigenvalue weighted by Gasteiger charge is -2.69. The Morgan fingerprint density at radius 2 is 1.60 bits per heavy atom. The van der Waals surface area contributed by atoms with Crippen molar-refractivity contribution in [1.29, 1.82) is 0 Å². The molecule has 0 spiro atoms. The van der Waals surface area contributed by atoms with Gasteiger partial charge in [-0.2, -0.15) is 0 Å². The van der Waals surface area contributed by atoms with Gasteiger partial charge in [0, 0.05) is 5.57 Å². The first-order valence-corrected chi connectivity index (χ1v) is 21.0. The summed E-state index contributed by atoms with van der Waals surface area (Å²) in [4.78, 5) is 27.3. The zero-order chi connectivity index (χ0) is 40.2. The molecule has 6 heteroatoms. The molecule has 4 aliphatic carbocycles. The molecule has 4 fully saturated rings. The number of allylic oxidation sites excluding steroid dienone is 3. The molecule has 2 aromatic rings. The Bertz CT molecular complexity index is 1870. The van der Waals surface area contributed by atoms with Crippen molar-refractivity contribution < 1.29 is 28.9 Å². The van der Waals surface area contributed by atoms with Gasteiger partial charge in [-0.05, 0) is 172 Å². The van der Waals surface area contributed by atoms with Crippen LogP contribution in [0.5, 0.6) is 0 Å². The van der Waals surface area contributed by atoms with Crippen LogP contribution in [0.2, 0.25) is 0 Å². The van der Waals surface area contributed by atoms with Crippen LogP contribution in [-0.2, 0) is 23.8 Å². The first-order chi connectivity index (χ1) is 25.7. The van der Waals surface area contributed by atoms with Crippen LogP contribution in [0.3, 0.4) is 0 Å². The van der Waals surface area contributed by atoms with E-state index in [0.717, 1.165) is 36.8 Å². The SMILES string of the molecule is C=C(C)OC1C[C@@]2(C)[C@@H](C[C@@H](O)[C@H]3[C@@]4(C)CC[C@@H](C)[C@H](C)[C@@H]4CC[C@@]32C)/C1=C(\CCC(=C(C)C)c1ccc2ccccc2c1)C(=O)OCOC(=O)C(C)(C)C. The van der Waals surface area contributed by atoms with Crippen LogP contribution in [-0.4, -0.2) is 36.0 Å². The number of aliphatic hydroxyl groups is 1. The fourth-order valence-electron chi connectivity index (χ4n) is 12.3. The van der Waals surface area contributed by atoms with Crippen LogP contribution >= 0.6 is 0 Å². The molecule has 300 valence electrons. The maximum atomic E-state index is 14.6. The molecule has 0 aromatic heterocycles. The molecule has 0 amide bonds. The fraction of sp³-hybridized carbons (Fsp3) is 0.633. The zero-order valence-corrected chi connectivity index (χ0v) is 35.6. The van der Waals surface area contributed by atoms with E-state index in [4.69, 9.17) is 14.2 Å². The molecule has 0 bridgehead atoms. The van der Waals surface area contributed by atoms with Crippen molar-refractivity contribution in [3.8, 4) is 0 Å². The Kier molecular flexibility index (Phi) is 11.4. The summed E-state index contributed by atoms with van der Waals surface area (Å²) >= 11 is 0. The van der Waals surface area contributed by atoms with E-state index in [1.807, 2.05) is 6.92 Å². The Morgan fingerprint density at radius 1 is 0.909 bits per heavy atom. The van der Waals surface area contributed by atoms with E-state index >= 15 is 0 Å². The summed E-state index contributed by atoms with van der Waals surface area (Å²) in [7, 11) is 0. The number of esters is 2. The van der Waals surface area contributed by atoms with Crippen molar-refractivity contribution in [1.82, 2.24) is 0 Å². The van der Waals surface area contributed by atoms with E-state index in [0.29, 0.717) is 48.3 Å². The summed E-state index contributed by atoms with van der Waals surface area (Å²) in [6, 6.07) is 14.9. The second kappa shape index (κ2) is 15.2. The van der Waals surface area contributed by atoms with Crippen LogP contribution in [0.25, 0.3) is 16.3 Å². The third-order valence-corrected chi connectivity index (χ3v) is 15.4. The lowest BCUT2D eigenvalue weighted by atomic mass is 9.36. The van der Waals surface area contributed by atoms with Crippen LogP contribution in [0.1, 0.15) is 133 Å². The third kappa shape index (κ3) is 7.35. The van der Waals surface area contributed by atoms with Crippen molar-refractivity contribution in [2.45, 2.75) is 140 Å². The lowest BCUT2D eigenvalue weighted by Crippen LogP contribution is -2.65. The molecular formula is C49H68O6. The van der Waals surface area contributed by atoms with Crippen LogP contribution in [0.4, 0.5) is 0 Å². The number of hydrogen-bond donors (Lipinski definition) is 1. The maximum absolute atomic E-state index is 14.6. The smallest absolute Gasteiger partial charge is 0.336 e. The van der Waals surface area contributed by atoms with Gasteiger partial charge >= 0.3 is 11.9 Å². The number of benzene rings is 2. The molecule has 1 N–H and O–H groups in total. The normalized spacial score (nSPS) is 35.2. The monoisotopic (exact) mass is 753 g/mol. The van der Waals surface area contributed by atoms with Gasteiger partial charge in [0.1, 0.15) is 6.10 Å². The Morgan fingerprint density at radius 3 is 2.25 bits per heavy atom. The molecule has 1 unspecified atom stereocenters. The molecule has 55 heavy (non-hydrogen) atoms. The van der Waals surface area contributed by atoms with Gasteiger partial charge in [0.25, 0.3) is 0 Å². The summed E-state index contributed by atoms with van der Waals surface area (Å²) in [5.41, 5.74) is 3.89. The molecule has 2 aromatic carbocycles. The van der Waals surface area contributed by atoms with Crippen molar-refractivity contribution in [2.75, 3.05) is 6.79 Å². The van der Waals surface area contributed by atoms with Gasteiger partial charge in [-0.3, -0.25) is 4.79 Å². The van der Waals surface area contributed by atoms with Gasteiger partial charge in [-0.15, -0.1) is 0 Å². The lowest BCUT2D eigenvalue weighted by molar-refractivity contribution is -0.229. The second-order valence-electron chi connectivity index (χ2n) is 19.9. The van der Waals surface area contributed by atoms with Gasteiger partial charge in [-0.25, -0.2) is 4.79 Å². The van der Waals surface area contributed by atoms with Crippen LogP contribution < -0.4 is 0 Å². The molecule has 0 heterocycles. The Balaban J connectivity index is 1.43. The van der Waals surface area contributed by atoms with Crippen molar-refractivity contribution in [2.24, 2.45) is 51.2 Å². The van der Waals surface area contributed by atoms with Gasteiger partial charge in [-0.1, -0.05) is 83.2 Å². The molecule has 4 aliphatic rings. The summed E-state index contributed by atoms with van der Waals surface area (Å²) in [6.07, 6.45) is 5.97. The van der Waals surface area contributed by atoms with Gasteiger partial charge < -0.3 is 19.3 Å². The van der Waals surface area contributed by atoms with Crippen LogP contribution in [0, 0.1) is 51.2 Å². The number of fused-ring (bicyclic) bond motifs is 6. The van der Waals surface area contributed by atoms with E-state index in [1.165, 1.54) is 28.3 Å². The minimum absolute atomic E-state index is 0.0421. The first kappa shape index (κ1) is 41.3. The van der Waals surface area contributed by atoms with E-state index < -0.39 is 30.3 Å². The van der Waals surface area contributed by atoms with Crippen molar-refractivity contribution in [3.63, 3.8) is 0 Å². The molecule has 6 nitrogen and oxygen atoms in total. The molecule has 6 rings (SSSR count). The largest absolute Gasteiger partial charge is 0.491 e. The predicted molar refractivity (Wildman–Crippen MR) is 221 cm³/mol. The van der Waals surface area contributed by atoms with Crippen molar-refractivity contribution in [3.05, 3.63) is 77.1 Å². The third-order valence-electron chi connectivity index (χ3n) is 15.4. The summed E-state index contributed by atoms with van der Waals surface area (Å²) < 4.78 is 18.0. The number of ether oxygens (including phenoxy) is 3. The second-order valence-corrected chi connectivity index (χ2v) is 19.9. The van der Waals surface area contributed by atoms with Crippen LogP contribution in [0.15, 0.2) is 71.5 Å². The Labute approximate surface area is 331 Å². The maximum Gasteiger partial charge on any atom is 0.336 e. The molecule has 0 saturated heterocycles. The topological polar surface area (TPSA) is 82.1 Å². The predicted octanol–water partition coefficient (Wildman–Crippen LogP) is 11.6. The summed E-state index contributed by atoms with van der Waals surface area (Å²) in [6.45, 7) is 27.4. The number of rotatable bonds is 9. The molecule has 4 saturated carbocycles. The molecule has 10 atom stereocenters. The zero-order valence-electron chi connectivity index (χ0n) is 35.6. The standard InChI is InChI=1S/C49H68O6/c1-29(2)36(35-18-17-33-15-13-14-16-34(33)25-35)19-20-37(44(51)53-28-54-45(52)46(7,8)9)42-39-26-40(50)43-47(10)23-21-31(5)32(6)38(47)22-24-48(43,11)49(39,12)27-41(42)55-30(3)4/h13-18,25,31-32,38-41,43,50H,3,19-24,26-28H2,1-2,4-12H3/b42-37-/t31-,32+,38+,39+,40-,41?,43+,47+,48+,49+/m1/s1. The average molecular weight is 753 g/mol. The summed E-state index contributed by atoms with van der Waals surface area (Å²) in [5.74, 6) is 1.64. The number of carbonyl (C=O) groups is 2. The first-order valence-electron chi connectivity index (χ1n) is 21.0. The average Bonchev–Trinajstić information content (AvgIpc) is 3.38. The fourth-order valence-corrected chi connectivity index (χ4v) is 12.3. The highest BCUT2D eigenvalue weighted by molar-refractivity contribution is 5.91. The number of hydrogen-bond acceptors (Lipinski definition) is 6. The quantitative estimate of drug-likeness (QED) is 0.119.